The molecule has 2 fully saturated rings. The molecule has 8 heteroatoms. The number of hydrogen-bond acceptors (Lipinski definition) is 6. The lowest BCUT2D eigenvalue weighted by Crippen LogP contribution is -2.63. The van der Waals surface area contributed by atoms with Crippen molar-refractivity contribution in [3.63, 3.8) is 0 Å². The number of rotatable bonds is 6. The Balaban J connectivity index is 1.54. The van der Waals surface area contributed by atoms with Gasteiger partial charge in [0.2, 0.25) is 0 Å². The van der Waals surface area contributed by atoms with Crippen molar-refractivity contribution in [2.24, 2.45) is 0 Å². The van der Waals surface area contributed by atoms with Gasteiger partial charge in [-0.2, -0.15) is 0 Å². The molecule has 0 aromatic carbocycles. The number of hydrogen-bond donors (Lipinski definition) is 2. The van der Waals surface area contributed by atoms with Crippen LogP contribution in [-0.2, 0) is 9.53 Å². The molecule has 2 rings (SSSR count). The molecule has 0 bridgehead atoms. The number of carboxylic acids is 1. The number of carbonyl (C=O) groups is 2. The van der Waals surface area contributed by atoms with E-state index in [1.165, 1.54) is 0 Å². The third-order valence-electron chi connectivity index (χ3n) is 4.32. The minimum Gasteiger partial charge on any atom is -0.480 e. The quantitative estimate of drug-likeness (QED) is 0.697. The summed E-state index contributed by atoms with van der Waals surface area (Å²) in [6.45, 7) is 12.6. The molecule has 1 amide bonds. The SMILES string of the molecule is CC(C)(C)OC(=O)NCCN1CC(N2CCN(CC(=O)O)CC2)C1. The third-order valence-corrected chi connectivity index (χ3v) is 4.32. The second-order valence-electron chi connectivity index (χ2n) is 7.55. The molecule has 138 valence electrons. The maximum absolute atomic E-state index is 11.6. The molecular weight excluding hydrogens is 312 g/mol. The van der Waals surface area contributed by atoms with E-state index in [1.807, 2.05) is 25.7 Å². The molecule has 2 saturated heterocycles. The van der Waals surface area contributed by atoms with Gasteiger partial charge >= 0.3 is 12.1 Å². The van der Waals surface area contributed by atoms with E-state index < -0.39 is 11.6 Å². The van der Waals surface area contributed by atoms with E-state index in [0.717, 1.165) is 45.8 Å². The first-order chi connectivity index (χ1) is 11.2. The van der Waals surface area contributed by atoms with Gasteiger partial charge in [-0.3, -0.25) is 19.5 Å². The van der Waals surface area contributed by atoms with Crippen LogP contribution in [0.1, 0.15) is 20.8 Å². The summed E-state index contributed by atoms with van der Waals surface area (Å²) in [6, 6.07) is 0.554. The van der Waals surface area contributed by atoms with Crippen LogP contribution in [-0.4, -0.2) is 102 Å². The molecule has 0 saturated carbocycles. The van der Waals surface area contributed by atoms with E-state index in [0.29, 0.717) is 12.6 Å². The Morgan fingerprint density at radius 1 is 1.12 bits per heavy atom. The molecule has 2 aliphatic heterocycles. The van der Waals surface area contributed by atoms with Crippen molar-refractivity contribution < 1.29 is 19.4 Å². The van der Waals surface area contributed by atoms with Crippen LogP contribution >= 0.6 is 0 Å². The Morgan fingerprint density at radius 3 is 2.29 bits per heavy atom. The Hall–Kier alpha value is -1.38. The summed E-state index contributed by atoms with van der Waals surface area (Å²) in [5, 5.41) is 11.6. The number of carbonyl (C=O) groups excluding carboxylic acids is 1. The fraction of sp³-hybridized carbons (Fsp3) is 0.875. The Kier molecular flexibility index (Phi) is 6.42. The molecule has 0 aliphatic carbocycles. The van der Waals surface area contributed by atoms with Crippen LogP contribution in [0.3, 0.4) is 0 Å². The van der Waals surface area contributed by atoms with E-state index in [1.54, 1.807) is 0 Å². The van der Waals surface area contributed by atoms with Crippen molar-refractivity contribution in [1.82, 2.24) is 20.0 Å². The highest BCUT2D eigenvalue weighted by molar-refractivity contribution is 5.69. The van der Waals surface area contributed by atoms with Crippen LogP contribution in [0, 0.1) is 0 Å². The molecule has 24 heavy (non-hydrogen) atoms. The van der Waals surface area contributed by atoms with Crippen LogP contribution in [0.15, 0.2) is 0 Å². The fourth-order valence-electron chi connectivity index (χ4n) is 3.06. The zero-order chi connectivity index (χ0) is 17.7. The van der Waals surface area contributed by atoms with E-state index in [-0.39, 0.29) is 12.6 Å². The molecule has 0 spiro atoms. The van der Waals surface area contributed by atoms with E-state index in [2.05, 4.69) is 15.1 Å². The number of amides is 1. The van der Waals surface area contributed by atoms with Crippen LogP contribution in [0.4, 0.5) is 4.79 Å². The number of ether oxygens (including phenoxy) is 1. The number of nitrogens with one attached hydrogen (secondary N) is 1. The molecule has 0 aromatic heterocycles. The highest BCUT2D eigenvalue weighted by Gasteiger charge is 2.33. The van der Waals surface area contributed by atoms with Crippen molar-refractivity contribution in [2.45, 2.75) is 32.4 Å². The number of likely N-dealkylation sites (tertiary alicyclic amines) is 1. The molecule has 2 aliphatic rings. The predicted octanol–water partition coefficient (Wildman–Crippen LogP) is -0.102. The van der Waals surface area contributed by atoms with Crippen LogP contribution in [0.2, 0.25) is 0 Å². The van der Waals surface area contributed by atoms with Gasteiger partial charge in [0.25, 0.3) is 0 Å². The van der Waals surface area contributed by atoms with E-state index in [9.17, 15) is 9.59 Å². The Morgan fingerprint density at radius 2 is 1.75 bits per heavy atom. The number of carboxylic acid groups (broad SMARTS) is 1. The van der Waals surface area contributed by atoms with Gasteiger partial charge in [-0.1, -0.05) is 0 Å². The maximum atomic E-state index is 11.6. The molecule has 8 nitrogen and oxygen atoms in total. The van der Waals surface area contributed by atoms with Gasteiger partial charge in [0.1, 0.15) is 5.60 Å². The summed E-state index contributed by atoms with van der Waals surface area (Å²) in [4.78, 5) is 29.0. The summed E-state index contributed by atoms with van der Waals surface area (Å²) in [5.41, 5.74) is -0.464. The first kappa shape index (κ1) is 19.0. The minimum absolute atomic E-state index is 0.140. The van der Waals surface area contributed by atoms with Gasteiger partial charge in [-0.25, -0.2) is 4.79 Å². The summed E-state index contributed by atoms with van der Waals surface area (Å²) in [5.74, 6) is -0.754. The van der Waals surface area contributed by atoms with Gasteiger partial charge in [0.15, 0.2) is 0 Å². The lowest BCUT2D eigenvalue weighted by Gasteiger charge is -2.48. The number of piperazine rings is 1. The monoisotopic (exact) mass is 342 g/mol. The summed E-state index contributed by atoms with van der Waals surface area (Å²) in [6.07, 6.45) is -0.367. The zero-order valence-corrected chi connectivity index (χ0v) is 15.0. The van der Waals surface area contributed by atoms with Gasteiger partial charge in [0.05, 0.1) is 6.54 Å². The average Bonchev–Trinajstić information content (AvgIpc) is 2.40. The molecule has 0 aromatic rings. The van der Waals surface area contributed by atoms with Crippen molar-refractivity contribution in [1.29, 1.82) is 0 Å². The smallest absolute Gasteiger partial charge is 0.407 e. The van der Waals surface area contributed by atoms with Crippen molar-refractivity contribution >= 4 is 12.1 Å². The number of nitrogens with zero attached hydrogens (tertiary/aromatic N) is 3. The number of aliphatic carboxylic acids is 1. The Bertz CT molecular complexity index is 438. The van der Waals surface area contributed by atoms with Gasteiger partial charge in [-0.15, -0.1) is 0 Å². The van der Waals surface area contributed by atoms with E-state index >= 15 is 0 Å². The first-order valence-corrected chi connectivity index (χ1v) is 8.60. The third kappa shape index (κ3) is 6.26. The average molecular weight is 342 g/mol. The van der Waals surface area contributed by atoms with E-state index in [4.69, 9.17) is 9.84 Å². The standard InChI is InChI=1S/C16H30N4O4/c1-16(2,3)24-15(23)17-4-5-19-10-13(11-19)20-8-6-18(7-9-20)12-14(21)22/h13H,4-12H2,1-3H3,(H,17,23)(H,21,22). The highest BCUT2D eigenvalue weighted by atomic mass is 16.6. The maximum Gasteiger partial charge on any atom is 0.407 e. The Labute approximate surface area is 143 Å². The molecule has 2 N–H and O–H groups in total. The van der Waals surface area contributed by atoms with Crippen molar-refractivity contribution in [3.8, 4) is 0 Å². The molecule has 0 atom stereocenters. The first-order valence-electron chi connectivity index (χ1n) is 8.60. The fourth-order valence-corrected chi connectivity index (χ4v) is 3.06. The molecule has 0 unspecified atom stereocenters. The lowest BCUT2D eigenvalue weighted by atomic mass is 10.1. The van der Waals surface area contributed by atoms with Crippen LogP contribution in [0.5, 0.6) is 0 Å². The predicted molar refractivity (Wildman–Crippen MR) is 90.1 cm³/mol. The molecule has 2 heterocycles. The van der Waals surface area contributed by atoms with Crippen molar-refractivity contribution in [2.75, 3.05) is 58.9 Å². The van der Waals surface area contributed by atoms with Gasteiger partial charge in [0, 0.05) is 58.4 Å². The van der Waals surface area contributed by atoms with Crippen LogP contribution in [0.25, 0.3) is 0 Å². The second kappa shape index (κ2) is 8.13. The van der Waals surface area contributed by atoms with Crippen LogP contribution < -0.4 is 5.32 Å². The minimum atomic E-state index is -0.754. The zero-order valence-electron chi connectivity index (χ0n) is 15.0. The van der Waals surface area contributed by atoms with Gasteiger partial charge < -0.3 is 15.2 Å². The highest BCUT2D eigenvalue weighted by Crippen LogP contribution is 2.16. The normalized spacial score (nSPS) is 21.3. The largest absolute Gasteiger partial charge is 0.480 e. The molecular formula is C16H30N4O4. The topological polar surface area (TPSA) is 85.4 Å². The number of alkyl carbamates (subject to hydrolysis) is 1. The summed E-state index contributed by atoms with van der Waals surface area (Å²) >= 11 is 0. The summed E-state index contributed by atoms with van der Waals surface area (Å²) in [7, 11) is 0. The summed E-state index contributed by atoms with van der Waals surface area (Å²) < 4.78 is 5.20. The second-order valence-corrected chi connectivity index (χ2v) is 7.55. The van der Waals surface area contributed by atoms with Crippen molar-refractivity contribution in [3.05, 3.63) is 0 Å². The molecule has 0 radical (unpaired) electrons. The van der Waals surface area contributed by atoms with Gasteiger partial charge in [-0.05, 0) is 20.8 Å². The lowest BCUT2D eigenvalue weighted by molar-refractivity contribution is -0.139.